The summed E-state index contributed by atoms with van der Waals surface area (Å²) in [5.74, 6) is 0. The van der Waals surface area contributed by atoms with Crippen LogP contribution in [0.15, 0.2) is 0 Å². The van der Waals surface area contributed by atoms with Crippen LogP contribution in [0.3, 0.4) is 0 Å². The van der Waals surface area contributed by atoms with E-state index in [2.05, 4.69) is 31.9 Å². The number of hydrogen-bond donors (Lipinski definition) is 7. The zero-order valence-electron chi connectivity index (χ0n) is 22.9. The Kier molecular flexibility index (Phi) is 17.3. The summed E-state index contributed by atoms with van der Waals surface area (Å²) in [6.07, 6.45) is 13.3. The Morgan fingerprint density at radius 2 is 1.18 bits per heavy atom. The van der Waals surface area contributed by atoms with Gasteiger partial charge in [0, 0.05) is 25.2 Å². The fourth-order valence-electron chi connectivity index (χ4n) is 4.74. The highest BCUT2D eigenvalue weighted by atomic mass is 16.6. The number of urea groups is 2. The van der Waals surface area contributed by atoms with E-state index < -0.39 is 12.5 Å². The lowest BCUT2D eigenvalue weighted by atomic mass is 9.96. The molecule has 0 aromatic rings. The van der Waals surface area contributed by atoms with E-state index in [0.29, 0.717) is 19.6 Å². The van der Waals surface area contributed by atoms with Gasteiger partial charge in [0.25, 0.3) is 0 Å². The van der Waals surface area contributed by atoms with Gasteiger partial charge in [0.2, 0.25) is 6.41 Å². The van der Waals surface area contributed by atoms with Gasteiger partial charge >= 0.3 is 18.2 Å². The quantitative estimate of drug-likeness (QED) is 0.110. The van der Waals surface area contributed by atoms with Gasteiger partial charge in [-0.15, -0.1) is 0 Å². The second kappa shape index (κ2) is 20.6. The summed E-state index contributed by atoms with van der Waals surface area (Å²) in [5, 5.41) is 26.8. The summed E-state index contributed by atoms with van der Waals surface area (Å²) in [4.78, 5) is 35.4. The number of nitrogens with one attached hydrogen (secondary N) is 6. The van der Waals surface area contributed by atoms with Gasteiger partial charge in [-0.1, -0.05) is 51.4 Å². The fraction of sp³-hybridized carbons (Fsp3) is 0.885. The molecule has 12 heteroatoms. The van der Waals surface area contributed by atoms with Gasteiger partial charge in [-0.3, -0.25) is 5.32 Å². The van der Waals surface area contributed by atoms with Crippen LogP contribution in [-0.4, -0.2) is 81.2 Å². The molecule has 1 unspecified atom stereocenters. The van der Waals surface area contributed by atoms with Crippen molar-refractivity contribution in [1.82, 2.24) is 31.9 Å². The number of carbonyl (C=O) groups is 3. The summed E-state index contributed by atoms with van der Waals surface area (Å²) >= 11 is 0. The van der Waals surface area contributed by atoms with E-state index in [-0.39, 0.29) is 43.9 Å². The third-order valence-corrected chi connectivity index (χ3v) is 6.86. The molecule has 0 heterocycles. The van der Waals surface area contributed by atoms with Crippen LogP contribution < -0.4 is 31.9 Å². The Hall–Kier alpha value is -2.31. The van der Waals surface area contributed by atoms with Crippen LogP contribution in [0.5, 0.6) is 0 Å². The summed E-state index contributed by atoms with van der Waals surface area (Å²) < 4.78 is 10.3. The monoisotopic (exact) mass is 542 g/mol. The van der Waals surface area contributed by atoms with Crippen molar-refractivity contribution in [3.63, 3.8) is 0 Å². The highest BCUT2D eigenvalue weighted by Gasteiger charge is 2.16. The highest BCUT2D eigenvalue weighted by molar-refractivity contribution is 5.74. The predicted octanol–water partition coefficient (Wildman–Crippen LogP) is 2.42. The van der Waals surface area contributed by atoms with Crippen molar-refractivity contribution in [2.45, 2.75) is 108 Å². The average molecular weight is 543 g/mol. The Labute approximate surface area is 227 Å². The topological polar surface area (TPSA) is 162 Å². The zero-order valence-corrected chi connectivity index (χ0v) is 22.9. The van der Waals surface area contributed by atoms with Crippen LogP contribution in [0.25, 0.3) is 0 Å². The van der Waals surface area contributed by atoms with Crippen LogP contribution in [-0.2, 0) is 9.47 Å². The molecule has 0 saturated heterocycles. The molecule has 2 saturated carbocycles. The van der Waals surface area contributed by atoms with Crippen LogP contribution >= 0.6 is 0 Å². The molecular formula is C26H50N6O6. The Bertz CT molecular complexity index is 658. The second-order valence-electron chi connectivity index (χ2n) is 10.1. The third-order valence-electron chi connectivity index (χ3n) is 6.86. The SMILES string of the molecule is O=C(NCCOC(=O)NCCCCCCNC(O)OCCNC(=O)NC1CCCCC1)NC1CCCCC1. The molecule has 2 rings (SSSR count). The third kappa shape index (κ3) is 16.5. The van der Waals surface area contributed by atoms with Crippen molar-refractivity contribution in [2.75, 3.05) is 39.4 Å². The number of amides is 5. The van der Waals surface area contributed by atoms with Gasteiger partial charge in [0.1, 0.15) is 6.61 Å². The lowest BCUT2D eigenvalue weighted by molar-refractivity contribution is -0.118. The van der Waals surface area contributed by atoms with Crippen molar-refractivity contribution < 1.29 is 29.0 Å². The van der Waals surface area contributed by atoms with Gasteiger partial charge in [-0.2, -0.15) is 0 Å². The maximum absolute atomic E-state index is 11.8. The number of aliphatic hydroxyl groups excluding tert-OH is 1. The minimum atomic E-state index is -1.07. The van der Waals surface area contributed by atoms with Crippen molar-refractivity contribution in [3.05, 3.63) is 0 Å². The molecule has 0 bridgehead atoms. The Morgan fingerprint density at radius 3 is 1.76 bits per heavy atom. The zero-order chi connectivity index (χ0) is 27.3. The molecule has 0 aromatic heterocycles. The molecule has 5 amide bonds. The minimum Gasteiger partial charge on any atom is -0.448 e. The van der Waals surface area contributed by atoms with E-state index in [9.17, 15) is 19.5 Å². The first-order valence-electron chi connectivity index (χ1n) is 14.6. The number of aliphatic hydroxyl groups is 1. The average Bonchev–Trinajstić information content (AvgIpc) is 2.92. The normalized spacial score (nSPS) is 17.3. The standard InChI is InChI=1S/C26H50N6O6/c33-23(31-21-11-5-3-6-12-21)27-17-19-37-25(35)29-15-9-1-2-10-16-30-26(36)38-20-18-28-24(34)32-22-13-7-4-8-14-22/h21-22,25,29,35H,1-20H2,(H,30,36)(H2,27,31,33)(H2,28,32,34). The maximum Gasteiger partial charge on any atom is 0.407 e. The van der Waals surface area contributed by atoms with E-state index >= 15 is 0 Å². The van der Waals surface area contributed by atoms with E-state index in [4.69, 9.17) is 9.47 Å². The number of alkyl carbamates (subject to hydrolysis) is 1. The van der Waals surface area contributed by atoms with Gasteiger partial charge in [-0.25, -0.2) is 14.4 Å². The number of carbonyl (C=O) groups excluding carboxylic acids is 3. The van der Waals surface area contributed by atoms with E-state index in [1.54, 1.807) is 0 Å². The largest absolute Gasteiger partial charge is 0.448 e. The highest BCUT2D eigenvalue weighted by Crippen LogP contribution is 2.17. The smallest absolute Gasteiger partial charge is 0.407 e. The lowest BCUT2D eigenvalue weighted by Crippen LogP contribution is -2.44. The van der Waals surface area contributed by atoms with Gasteiger partial charge in [0.05, 0.1) is 13.2 Å². The van der Waals surface area contributed by atoms with Gasteiger partial charge in [0.15, 0.2) is 0 Å². The first kappa shape index (κ1) is 31.9. The van der Waals surface area contributed by atoms with E-state index in [1.165, 1.54) is 25.7 Å². The van der Waals surface area contributed by atoms with E-state index in [0.717, 1.165) is 64.2 Å². The van der Waals surface area contributed by atoms with Gasteiger partial charge < -0.3 is 41.2 Å². The molecule has 0 aromatic carbocycles. The fourth-order valence-corrected chi connectivity index (χ4v) is 4.74. The molecule has 1 atom stereocenters. The van der Waals surface area contributed by atoms with Crippen molar-refractivity contribution in [1.29, 1.82) is 0 Å². The number of unbranched alkanes of at least 4 members (excludes halogenated alkanes) is 3. The van der Waals surface area contributed by atoms with Crippen LogP contribution in [0, 0.1) is 0 Å². The van der Waals surface area contributed by atoms with E-state index in [1.807, 2.05) is 0 Å². The lowest BCUT2D eigenvalue weighted by Gasteiger charge is -2.23. The number of hydrogen-bond acceptors (Lipinski definition) is 7. The second-order valence-corrected chi connectivity index (χ2v) is 10.1. The molecule has 12 nitrogen and oxygen atoms in total. The van der Waals surface area contributed by atoms with Crippen molar-refractivity contribution in [3.8, 4) is 0 Å². The van der Waals surface area contributed by atoms with Crippen molar-refractivity contribution >= 4 is 18.2 Å². The molecule has 2 aliphatic rings. The van der Waals surface area contributed by atoms with Crippen LogP contribution in [0.2, 0.25) is 0 Å². The van der Waals surface area contributed by atoms with Crippen molar-refractivity contribution in [2.24, 2.45) is 0 Å². The van der Waals surface area contributed by atoms with Crippen LogP contribution in [0.1, 0.15) is 89.9 Å². The summed E-state index contributed by atoms with van der Waals surface area (Å²) in [6.45, 7) is 2.09. The summed E-state index contributed by atoms with van der Waals surface area (Å²) in [5.41, 5.74) is 0. The van der Waals surface area contributed by atoms with Crippen LogP contribution in [0.4, 0.5) is 14.4 Å². The number of rotatable bonds is 17. The molecule has 0 spiro atoms. The Balaban J connectivity index is 1.30. The first-order valence-corrected chi connectivity index (χ1v) is 14.6. The Morgan fingerprint density at radius 1 is 0.658 bits per heavy atom. The summed E-state index contributed by atoms with van der Waals surface area (Å²) in [7, 11) is 0. The number of ether oxygens (including phenoxy) is 2. The molecular weight excluding hydrogens is 492 g/mol. The molecule has 38 heavy (non-hydrogen) atoms. The summed E-state index contributed by atoms with van der Waals surface area (Å²) in [6, 6.07) is 0.124. The molecule has 2 fully saturated rings. The first-order chi connectivity index (χ1) is 18.5. The molecule has 220 valence electrons. The molecule has 0 radical (unpaired) electrons. The maximum atomic E-state index is 11.8. The molecule has 7 N–H and O–H groups in total. The predicted molar refractivity (Wildman–Crippen MR) is 145 cm³/mol. The minimum absolute atomic E-state index is 0.129. The molecule has 0 aliphatic heterocycles. The molecule has 2 aliphatic carbocycles. The van der Waals surface area contributed by atoms with Gasteiger partial charge in [-0.05, 0) is 45.1 Å².